The third-order valence-corrected chi connectivity index (χ3v) is 7.51. The van der Waals surface area contributed by atoms with Crippen molar-refractivity contribution in [3.8, 4) is 6.07 Å². The summed E-state index contributed by atoms with van der Waals surface area (Å²) in [5, 5.41) is 10.3. The van der Waals surface area contributed by atoms with E-state index in [0.717, 1.165) is 59.7 Å². The molecule has 0 radical (unpaired) electrons. The van der Waals surface area contributed by atoms with Gasteiger partial charge in [-0.2, -0.15) is 5.26 Å². The van der Waals surface area contributed by atoms with Gasteiger partial charge < -0.3 is 14.1 Å². The fraction of sp³-hybridized carbons (Fsp3) is 0.290. The van der Waals surface area contributed by atoms with Gasteiger partial charge >= 0.3 is 0 Å². The summed E-state index contributed by atoms with van der Waals surface area (Å²) in [5.74, 6) is 1.94. The van der Waals surface area contributed by atoms with Crippen LogP contribution in [0.1, 0.15) is 46.4 Å². The van der Waals surface area contributed by atoms with Crippen LogP contribution in [0.15, 0.2) is 71.3 Å². The van der Waals surface area contributed by atoms with Crippen LogP contribution in [0.3, 0.4) is 0 Å². The van der Waals surface area contributed by atoms with E-state index in [1.54, 1.807) is 6.26 Å². The zero-order valence-electron chi connectivity index (χ0n) is 21.3. The fourth-order valence-corrected chi connectivity index (χ4v) is 5.56. The maximum atomic E-state index is 10.3. The SMILES string of the molecule is Cc1ccccc1Cc1c(C)c(C#N)c2nc3ccccc3n2c1N(Cc1ccco1)CC1CCCO1. The number of aryl methyl sites for hydroxylation is 1. The summed E-state index contributed by atoms with van der Waals surface area (Å²) in [7, 11) is 0. The van der Waals surface area contributed by atoms with Crippen LogP contribution < -0.4 is 4.90 Å². The van der Waals surface area contributed by atoms with Crippen molar-refractivity contribution in [2.24, 2.45) is 0 Å². The Kier molecular flexibility index (Phi) is 6.15. The van der Waals surface area contributed by atoms with Crippen molar-refractivity contribution in [3.63, 3.8) is 0 Å². The molecule has 6 nitrogen and oxygen atoms in total. The average Bonchev–Trinajstić information content (AvgIpc) is 3.67. The first-order valence-electron chi connectivity index (χ1n) is 12.9. The Morgan fingerprint density at radius 1 is 1.08 bits per heavy atom. The number of fused-ring (bicyclic) bond motifs is 3. The van der Waals surface area contributed by atoms with Crippen LogP contribution >= 0.6 is 0 Å². The predicted octanol–water partition coefficient (Wildman–Crippen LogP) is 6.35. The van der Waals surface area contributed by atoms with Crippen molar-refractivity contribution in [1.82, 2.24) is 9.38 Å². The van der Waals surface area contributed by atoms with Gasteiger partial charge in [0.25, 0.3) is 0 Å². The second-order valence-corrected chi connectivity index (χ2v) is 9.87. The number of anilines is 1. The number of nitriles is 1. The van der Waals surface area contributed by atoms with Crippen LogP contribution in [0.2, 0.25) is 0 Å². The van der Waals surface area contributed by atoms with E-state index in [0.29, 0.717) is 24.2 Å². The monoisotopic (exact) mass is 490 g/mol. The summed E-state index contributed by atoms with van der Waals surface area (Å²) in [4.78, 5) is 7.32. The molecule has 6 heteroatoms. The molecule has 5 aromatic rings. The van der Waals surface area contributed by atoms with Crippen molar-refractivity contribution in [2.45, 2.75) is 45.8 Å². The molecule has 2 aromatic carbocycles. The Balaban J connectivity index is 1.65. The summed E-state index contributed by atoms with van der Waals surface area (Å²) >= 11 is 0. The van der Waals surface area contributed by atoms with Gasteiger partial charge in [0.2, 0.25) is 0 Å². The minimum absolute atomic E-state index is 0.141. The van der Waals surface area contributed by atoms with Crippen molar-refractivity contribution < 1.29 is 9.15 Å². The molecular formula is C31H30N4O2. The van der Waals surface area contributed by atoms with Gasteiger partial charge in [0, 0.05) is 25.1 Å². The molecular weight excluding hydrogens is 460 g/mol. The summed E-state index contributed by atoms with van der Waals surface area (Å²) in [5.41, 5.74) is 7.77. The number of pyridine rings is 1. The first-order chi connectivity index (χ1) is 18.1. The molecule has 3 aromatic heterocycles. The molecule has 4 heterocycles. The zero-order chi connectivity index (χ0) is 25.4. The molecule has 0 saturated carbocycles. The highest BCUT2D eigenvalue weighted by atomic mass is 16.5. The molecule has 6 rings (SSSR count). The maximum Gasteiger partial charge on any atom is 0.157 e. The number of para-hydroxylation sites is 2. The topological polar surface area (TPSA) is 66.7 Å². The van der Waals surface area contributed by atoms with E-state index in [9.17, 15) is 5.26 Å². The lowest BCUT2D eigenvalue weighted by Gasteiger charge is -2.31. The van der Waals surface area contributed by atoms with E-state index < -0.39 is 0 Å². The van der Waals surface area contributed by atoms with E-state index in [1.807, 2.05) is 30.3 Å². The average molecular weight is 491 g/mol. The number of benzene rings is 2. The third kappa shape index (κ3) is 4.26. The van der Waals surface area contributed by atoms with Gasteiger partial charge in [0.05, 0.1) is 35.5 Å². The normalized spacial score (nSPS) is 15.4. The molecule has 1 unspecified atom stereocenters. The maximum absolute atomic E-state index is 10.3. The number of aromatic nitrogens is 2. The van der Waals surface area contributed by atoms with Gasteiger partial charge in [-0.25, -0.2) is 4.98 Å². The van der Waals surface area contributed by atoms with E-state index in [2.05, 4.69) is 59.5 Å². The molecule has 0 spiro atoms. The molecule has 0 bridgehead atoms. The third-order valence-electron chi connectivity index (χ3n) is 7.51. The Bertz CT molecular complexity index is 1600. The first-order valence-corrected chi connectivity index (χ1v) is 12.9. The largest absolute Gasteiger partial charge is 0.467 e. The molecule has 1 fully saturated rings. The van der Waals surface area contributed by atoms with Crippen LogP contribution in [-0.2, 0) is 17.7 Å². The minimum Gasteiger partial charge on any atom is -0.467 e. The highest BCUT2D eigenvalue weighted by molar-refractivity contribution is 5.86. The Labute approximate surface area is 216 Å². The number of nitrogens with zero attached hydrogens (tertiary/aromatic N) is 4. The quantitative estimate of drug-likeness (QED) is 0.266. The minimum atomic E-state index is 0.141. The highest BCUT2D eigenvalue weighted by Gasteiger charge is 2.28. The van der Waals surface area contributed by atoms with Crippen LogP contribution in [0.4, 0.5) is 5.82 Å². The number of furan rings is 1. The van der Waals surface area contributed by atoms with Crippen LogP contribution in [0, 0.1) is 25.2 Å². The number of ether oxygens (including phenoxy) is 1. The lowest BCUT2D eigenvalue weighted by molar-refractivity contribution is 0.115. The smallest absolute Gasteiger partial charge is 0.157 e. The van der Waals surface area contributed by atoms with Gasteiger partial charge in [-0.1, -0.05) is 36.4 Å². The van der Waals surface area contributed by atoms with E-state index >= 15 is 0 Å². The second-order valence-electron chi connectivity index (χ2n) is 9.87. The first kappa shape index (κ1) is 23.3. The van der Waals surface area contributed by atoms with Gasteiger partial charge in [-0.05, 0) is 67.6 Å². The highest BCUT2D eigenvalue weighted by Crippen LogP contribution is 2.36. The number of rotatable bonds is 7. The molecule has 37 heavy (non-hydrogen) atoms. The van der Waals surface area contributed by atoms with E-state index in [-0.39, 0.29) is 6.10 Å². The summed E-state index contributed by atoms with van der Waals surface area (Å²) in [6.07, 6.45) is 4.68. The number of imidazole rings is 1. The van der Waals surface area contributed by atoms with Crippen molar-refractivity contribution in [3.05, 3.63) is 101 Å². The second kappa shape index (κ2) is 9.76. The van der Waals surface area contributed by atoms with Crippen LogP contribution in [0.25, 0.3) is 16.7 Å². The standard InChI is InChI=1S/C31H30N4O2/c1-21-9-3-4-10-23(21)17-26-22(2)27(18-32)30-33-28-13-5-6-14-29(28)35(30)31(26)34(19-24-11-7-15-36-24)20-25-12-8-16-37-25/h3-7,9-11,13-15,25H,8,12,16-17,19-20H2,1-2H3. The summed E-state index contributed by atoms with van der Waals surface area (Å²) in [6, 6.07) is 23.0. The number of hydrogen-bond acceptors (Lipinski definition) is 5. The van der Waals surface area contributed by atoms with Crippen LogP contribution in [0.5, 0.6) is 0 Å². The van der Waals surface area contributed by atoms with E-state index in [4.69, 9.17) is 14.1 Å². The van der Waals surface area contributed by atoms with Crippen molar-refractivity contribution >= 4 is 22.5 Å². The molecule has 1 aliphatic heterocycles. The van der Waals surface area contributed by atoms with Gasteiger partial charge in [-0.15, -0.1) is 0 Å². The predicted molar refractivity (Wildman–Crippen MR) is 145 cm³/mol. The van der Waals surface area contributed by atoms with Gasteiger partial charge in [0.1, 0.15) is 17.6 Å². The molecule has 1 aliphatic rings. The Hall–Kier alpha value is -4.08. The zero-order valence-corrected chi connectivity index (χ0v) is 21.3. The molecule has 1 saturated heterocycles. The molecule has 0 amide bonds. The van der Waals surface area contributed by atoms with Gasteiger partial charge in [-0.3, -0.25) is 4.40 Å². The Morgan fingerprint density at radius 2 is 1.92 bits per heavy atom. The lowest BCUT2D eigenvalue weighted by Crippen LogP contribution is -2.34. The molecule has 186 valence electrons. The molecule has 0 N–H and O–H groups in total. The number of hydrogen-bond donors (Lipinski definition) is 0. The van der Waals surface area contributed by atoms with Crippen LogP contribution in [-0.4, -0.2) is 28.6 Å². The fourth-order valence-electron chi connectivity index (χ4n) is 5.56. The summed E-state index contributed by atoms with van der Waals surface area (Å²) in [6.45, 7) is 6.33. The van der Waals surface area contributed by atoms with E-state index in [1.165, 1.54) is 11.1 Å². The van der Waals surface area contributed by atoms with Crippen molar-refractivity contribution in [1.29, 1.82) is 5.26 Å². The molecule has 1 atom stereocenters. The van der Waals surface area contributed by atoms with Gasteiger partial charge in [0.15, 0.2) is 5.65 Å². The van der Waals surface area contributed by atoms with Crippen molar-refractivity contribution in [2.75, 3.05) is 18.1 Å². The summed E-state index contributed by atoms with van der Waals surface area (Å²) < 4.78 is 14.1. The molecule has 0 aliphatic carbocycles. The lowest BCUT2D eigenvalue weighted by atomic mass is 9.95. The Morgan fingerprint density at radius 3 is 2.68 bits per heavy atom.